The largest absolute Gasteiger partial charge is 0.233 e. The van der Waals surface area contributed by atoms with Crippen molar-refractivity contribution < 1.29 is 4.39 Å². The highest BCUT2D eigenvalue weighted by Gasteiger charge is 2.08. The van der Waals surface area contributed by atoms with Crippen molar-refractivity contribution in [1.29, 1.82) is 0 Å². The van der Waals surface area contributed by atoms with E-state index in [1.165, 1.54) is 12.1 Å². The number of benzene rings is 1. The van der Waals surface area contributed by atoms with Gasteiger partial charge in [-0.15, -0.1) is 0 Å². The van der Waals surface area contributed by atoms with E-state index in [2.05, 4.69) is 32.8 Å². The van der Waals surface area contributed by atoms with Crippen LogP contribution in [-0.2, 0) is 6.42 Å². The summed E-state index contributed by atoms with van der Waals surface area (Å²) in [5.41, 5.74) is 2.58. The van der Waals surface area contributed by atoms with Crippen LogP contribution in [0.1, 0.15) is 24.7 Å². The minimum atomic E-state index is -0.248. The summed E-state index contributed by atoms with van der Waals surface area (Å²) < 4.78 is 14.1. The Hall–Kier alpha value is -1.29. The summed E-state index contributed by atoms with van der Waals surface area (Å²) in [7, 11) is 0. The number of aryl methyl sites for hydroxylation is 2. The van der Waals surface area contributed by atoms with Gasteiger partial charge in [0.05, 0.1) is 5.69 Å². The van der Waals surface area contributed by atoms with Crippen LogP contribution >= 0.6 is 15.9 Å². The molecule has 0 atom stereocenters. The highest BCUT2D eigenvalue weighted by molar-refractivity contribution is 9.10. The maximum absolute atomic E-state index is 13.3. The molecule has 0 saturated carbocycles. The van der Waals surface area contributed by atoms with Crippen LogP contribution in [0.15, 0.2) is 28.9 Å². The molecule has 94 valence electrons. The molecule has 4 heteroatoms. The quantitative estimate of drug-likeness (QED) is 0.790. The van der Waals surface area contributed by atoms with Gasteiger partial charge in [0.1, 0.15) is 16.2 Å². The third-order valence-corrected chi connectivity index (χ3v) is 3.10. The fraction of sp³-hybridized carbons (Fsp3) is 0.286. The number of aromatic nitrogens is 2. The number of hydrogen-bond donors (Lipinski definition) is 0. The number of rotatable bonds is 3. The molecule has 0 saturated heterocycles. The van der Waals surface area contributed by atoms with Crippen LogP contribution in [-0.4, -0.2) is 9.97 Å². The van der Waals surface area contributed by atoms with Crippen molar-refractivity contribution in [3.05, 3.63) is 46.1 Å². The summed E-state index contributed by atoms with van der Waals surface area (Å²) in [5, 5.41) is 0. The van der Waals surface area contributed by atoms with E-state index in [0.717, 1.165) is 40.1 Å². The monoisotopic (exact) mass is 308 g/mol. The molecule has 2 rings (SSSR count). The molecule has 0 unspecified atom stereocenters. The lowest BCUT2D eigenvalue weighted by molar-refractivity contribution is 0.628. The molecule has 0 N–H and O–H groups in total. The zero-order valence-corrected chi connectivity index (χ0v) is 12.0. The molecule has 18 heavy (non-hydrogen) atoms. The zero-order valence-electron chi connectivity index (χ0n) is 10.4. The van der Waals surface area contributed by atoms with Crippen LogP contribution in [0.3, 0.4) is 0 Å². The molecule has 0 spiro atoms. The lowest BCUT2D eigenvalue weighted by atomic mass is 10.1. The van der Waals surface area contributed by atoms with E-state index in [4.69, 9.17) is 0 Å². The molecule has 0 aliphatic carbocycles. The molecule has 0 aliphatic heterocycles. The van der Waals surface area contributed by atoms with E-state index in [0.29, 0.717) is 0 Å². The maximum Gasteiger partial charge on any atom is 0.130 e. The second-order valence-electron chi connectivity index (χ2n) is 4.20. The van der Waals surface area contributed by atoms with E-state index in [-0.39, 0.29) is 5.82 Å². The SMILES string of the molecule is CCCc1nc(Br)cc(-c2cc(F)ccc2C)n1. The predicted molar refractivity (Wildman–Crippen MR) is 73.9 cm³/mol. The van der Waals surface area contributed by atoms with Gasteiger partial charge in [0, 0.05) is 12.0 Å². The Kier molecular flexibility index (Phi) is 4.07. The third kappa shape index (κ3) is 2.93. The van der Waals surface area contributed by atoms with Crippen molar-refractivity contribution in [2.45, 2.75) is 26.7 Å². The first kappa shape index (κ1) is 13.1. The molecule has 1 aromatic heterocycles. The summed E-state index contributed by atoms with van der Waals surface area (Å²) in [5.74, 6) is 0.535. The molecular weight excluding hydrogens is 295 g/mol. The fourth-order valence-electron chi connectivity index (χ4n) is 1.81. The Morgan fingerprint density at radius 3 is 2.72 bits per heavy atom. The van der Waals surface area contributed by atoms with Crippen molar-refractivity contribution in [3.8, 4) is 11.3 Å². The summed E-state index contributed by atoms with van der Waals surface area (Å²) in [4.78, 5) is 8.80. The van der Waals surface area contributed by atoms with E-state index in [1.54, 1.807) is 6.07 Å². The number of halogens is 2. The van der Waals surface area contributed by atoms with Crippen LogP contribution in [0.4, 0.5) is 4.39 Å². The third-order valence-electron chi connectivity index (χ3n) is 2.69. The first-order chi connectivity index (χ1) is 8.60. The standard InChI is InChI=1S/C14H14BrFN2/c1-3-4-14-17-12(8-13(15)18-14)11-7-10(16)6-5-9(11)2/h5-8H,3-4H2,1-2H3. The van der Waals surface area contributed by atoms with Crippen LogP contribution < -0.4 is 0 Å². The van der Waals surface area contributed by atoms with E-state index < -0.39 is 0 Å². The van der Waals surface area contributed by atoms with Gasteiger partial charge in [0.25, 0.3) is 0 Å². The predicted octanol–water partition coefficient (Wildman–Crippen LogP) is 4.31. The van der Waals surface area contributed by atoms with Crippen molar-refractivity contribution in [2.75, 3.05) is 0 Å². The average Bonchev–Trinajstić information content (AvgIpc) is 2.32. The summed E-state index contributed by atoms with van der Waals surface area (Å²) in [6, 6.07) is 6.56. The number of nitrogens with zero attached hydrogens (tertiary/aromatic N) is 2. The van der Waals surface area contributed by atoms with Crippen LogP contribution in [0.2, 0.25) is 0 Å². The normalized spacial score (nSPS) is 10.7. The molecule has 1 aromatic carbocycles. The van der Waals surface area contributed by atoms with Gasteiger partial charge < -0.3 is 0 Å². The molecule has 0 radical (unpaired) electrons. The molecule has 0 aliphatic rings. The van der Waals surface area contributed by atoms with E-state index in [9.17, 15) is 4.39 Å². The Labute approximate surface area is 114 Å². The summed E-state index contributed by atoms with van der Waals surface area (Å²) >= 11 is 3.38. The molecule has 0 fully saturated rings. The van der Waals surface area contributed by atoms with Crippen LogP contribution in [0.5, 0.6) is 0 Å². The van der Waals surface area contributed by atoms with Crippen LogP contribution in [0.25, 0.3) is 11.3 Å². The van der Waals surface area contributed by atoms with E-state index in [1.807, 2.05) is 13.0 Å². The average molecular weight is 309 g/mol. The first-order valence-corrected chi connectivity index (χ1v) is 6.69. The molecule has 2 nitrogen and oxygen atoms in total. The van der Waals surface area contributed by atoms with Gasteiger partial charge in [-0.2, -0.15) is 0 Å². The lowest BCUT2D eigenvalue weighted by Crippen LogP contribution is -1.98. The Morgan fingerprint density at radius 1 is 1.22 bits per heavy atom. The minimum absolute atomic E-state index is 0.248. The van der Waals surface area contributed by atoms with Gasteiger partial charge in [0.2, 0.25) is 0 Å². The van der Waals surface area contributed by atoms with Crippen molar-refractivity contribution in [2.24, 2.45) is 0 Å². The second-order valence-corrected chi connectivity index (χ2v) is 5.01. The maximum atomic E-state index is 13.3. The van der Waals surface area contributed by atoms with Crippen molar-refractivity contribution in [3.63, 3.8) is 0 Å². The Morgan fingerprint density at radius 2 is 2.00 bits per heavy atom. The lowest BCUT2D eigenvalue weighted by Gasteiger charge is -2.08. The fourth-order valence-corrected chi connectivity index (χ4v) is 2.23. The second kappa shape index (κ2) is 5.57. The zero-order chi connectivity index (χ0) is 13.1. The van der Waals surface area contributed by atoms with Gasteiger partial charge in [-0.3, -0.25) is 0 Å². The molecule has 0 bridgehead atoms. The summed E-state index contributed by atoms with van der Waals surface area (Å²) in [6.45, 7) is 4.03. The molecular formula is C14H14BrFN2. The smallest absolute Gasteiger partial charge is 0.130 e. The van der Waals surface area contributed by atoms with Gasteiger partial charge in [0.15, 0.2) is 0 Å². The van der Waals surface area contributed by atoms with E-state index >= 15 is 0 Å². The molecule has 1 heterocycles. The highest BCUT2D eigenvalue weighted by atomic mass is 79.9. The Bertz CT molecular complexity index is 570. The topological polar surface area (TPSA) is 25.8 Å². The highest BCUT2D eigenvalue weighted by Crippen LogP contribution is 2.24. The van der Waals surface area contributed by atoms with Crippen molar-refractivity contribution in [1.82, 2.24) is 9.97 Å². The van der Waals surface area contributed by atoms with Gasteiger partial charge in [-0.05, 0) is 53.0 Å². The molecule has 0 amide bonds. The van der Waals surface area contributed by atoms with Gasteiger partial charge >= 0.3 is 0 Å². The molecule has 2 aromatic rings. The van der Waals surface area contributed by atoms with Crippen LogP contribution in [0, 0.1) is 12.7 Å². The summed E-state index contributed by atoms with van der Waals surface area (Å²) in [6.07, 6.45) is 1.80. The first-order valence-electron chi connectivity index (χ1n) is 5.90. The Balaban J connectivity index is 2.52. The van der Waals surface area contributed by atoms with Gasteiger partial charge in [-0.1, -0.05) is 13.0 Å². The van der Waals surface area contributed by atoms with Gasteiger partial charge in [-0.25, -0.2) is 14.4 Å². The minimum Gasteiger partial charge on any atom is -0.233 e. The number of hydrogen-bond acceptors (Lipinski definition) is 2. The van der Waals surface area contributed by atoms with Crippen molar-refractivity contribution >= 4 is 15.9 Å².